The highest BCUT2D eigenvalue weighted by Gasteiger charge is 2.14. The molecule has 1 aromatic heterocycles. The van der Waals surface area contributed by atoms with E-state index >= 15 is 0 Å². The van der Waals surface area contributed by atoms with Crippen molar-refractivity contribution < 1.29 is 0 Å². The number of hydrogen-bond acceptors (Lipinski definition) is 3. The smallest absolute Gasteiger partial charge is 0.0707 e. The van der Waals surface area contributed by atoms with E-state index in [1.54, 1.807) is 0 Å². The van der Waals surface area contributed by atoms with Crippen LogP contribution in [0.2, 0.25) is 0 Å². The summed E-state index contributed by atoms with van der Waals surface area (Å²) in [4.78, 5) is 6.54. The van der Waals surface area contributed by atoms with Gasteiger partial charge in [0.2, 0.25) is 0 Å². The van der Waals surface area contributed by atoms with Crippen LogP contribution in [0.3, 0.4) is 0 Å². The fourth-order valence-corrected chi connectivity index (χ4v) is 2.02. The molecule has 0 saturated carbocycles. The fraction of sp³-hybridized carbons (Fsp3) is 0.500. The summed E-state index contributed by atoms with van der Waals surface area (Å²) in [5, 5.41) is 3.48. The number of hydrogen-bond donors (Lipinski definition) is 1. The van der Waals surface area contributed by atoms with Crippen molar-refractivity contribution in [2.24, 2.45) is 0 Å². The highest BCUT2D eigenvalue weighted by molar-refractivity contribution is 5.43. The number of nitrogens with one attached hydrogen (secondary N) is 1. The van der Waals surface area contributed by atoms with Crippen LogP contribution in [0, 0.1) is 11.8 Å². The quantitative estimate of drug-likeness (QED) is 0.742. The summed E-state index contributed by atoms with van der Waals surface area (Å²) in [5.74, 6) is 6.44. The van der Waals surface area contributed by atoms with Gasteiger partial charge >= 0.3 is 0 Å². The second-order valence-corrected chi connectivity index (χ2v) is 4.17. The molecule has 1 fully saturated rings. The molecule has 90 valence electrons. The highest BCUT2D eigenvalue weighted by atomic mass is 15.2. The van der Waals surface area contributed by atoms with Gasteiger partial charge in [0.1, 0.15) is 0 Å². The molecule has 1 unspecified atom stereocenters. The normalized spacial score (nSPS) is 20.3. The van der Waals surface area contributed by atoms with Crippen molar-refractivity contribution in [3.8, 4) is 11.8 Å². The maximum atomic E-state index is 4.17. The molecule has 0 radical (unpaired) electrons. The average molecular weight is 229 g/mol. The van der Waals surface area contributed by atoms with Crippen LogP contribution in [-0.2, 0) is 0 Å². The molecular formula is C14H19N3. The third-order valence-electron chi connectivity index (χ3n) is 2.92. The predicted octanol–water partition coefficient (Wildman–Crippen LogP) is 1.66. The second kappa shape index (κ2) is 6.27. The van der Waals surface area contributed by atoms with Gasteiger partial charge in [0.15, 0.2) is 0 Å². The fourth-order valence-electron chi connectivity index (χ4n) is 2.02. The molecule has 0 spiro atoms. The first kappa shape index (κ1) is 11.9. The number of anilines is 1. The Morgan fingerprint density at radius 1 is 1.53 bits per heavy atom. The molecule has 1 saturated heterocycles. The van der Waals surface area contributed by atoms with Gasteiger partial charge < -0.3 is 10.2 Å². The summed E-state index contributed by atoms with van der Waals surface area (Å²) in [6, 6.07) is 4.45. The second-order valence-electron chi connectivity index (χ2n) is 4.17. The lowest BCUT2D eigenvalue weighted by molar-refractivity contribution is 0.631. The van der Waals surface area contributed by atoms with Crippen molar-refractivity contribution in [1.82, 2.24) is 10.3 Å². The van der Waals surface area contributed by atoms with Gasteiger partial charge in [0.05, 0.1) is 17.9 Å². The minimum atomic E-state index is 0.344. The number of nitrogens with zero attached hydrogens (tertiary/aromatic N) is 2. The lowest BCUT2D eigenvalue weighted by Gasteiger charge is -2.21. The third-order valence-corrected chi connectivity index (χ3v) is 2.92. The Kier molecular flexibility index (Phi) is 4.40. The predicted molar refractivity (Wildman–Crippen MR) is 70.9 cm³/mol. The Labute approximate surface area is 103 Å². The molecule has 0 aliphatic carbocycles. The van der Waals surface area contributed by atoms with E-state index in [4.69, 9.17) is 0 Å². The molecule has 0 aromatic carbocycles. The number of pyridine rings is 1. The molecule has 1 aliphatic heterocycles. The first-order valence-corrected chi connectivity index (χ1v) is 6.27. The van der Waals surface area contributed by atoms with Crippen LogP contribution < -0.4 is 10.2 Å². The van der Waals surface area contributed by atoms with E-state index in [9.17, 15) is 0 Å². The Bertz CT molecular complexity index is 391. The molecule has 1 aliphatic rings. The van der Waals surface area contributed by atoms with Gasteiger partial charge in [0, 0.05) is 32.3 Å². The van der Waals surface area contributed by atoms with Gasteiger partial charge in [-0.15, -0.1) is 5.92 Å². The van der Waals surface area contributed by atoms with Gasteiger partial charge in [-0.05, 0) is 18.6 Å². The van der Waals surface area contributed by atoms with Crippen LogP contribution >= 0.6 is 0 Å². The largest absolute Gasteiger partial charge is 0.369 e. The minimum Gasteiger partial charge on any atom is -0.369 e. The summed E-state index contributed by atoms with van der Waals surface area (Å²) in [5.41, 5.74) is 1.21. The first-order valence-electron chi connectivity index (χ1n) is 6.27. The average Bonchev–Trinajstić information content (AvgIpc) is 2.63. The van der Waals surface area contributed by atoms with Gasteiger partial charge in [-0.3, -0.25) is 4.98 Å². The van der Waals surface area contributed by atoms with Crippen LogP contribution in [-0.4, -0.2) is 30.7 Å². The molecule has 3 nitrogen and oxygen atoms in total. The van der Waals surface area contributed by atoms with Crippen molar-refractivity contribution in [2.75, 3.05) is 24.5 Å². The molecule has 17 heavy (non-hydrogen) atoms. The maximum Gasteiger partial charge on any atom is 0.0707 e. The lowest BCUT2D eigenvalue weighted by atomic mass is 10.2. The highest BCUT2D eigenvalue weighted by Crippen LogP contribution is 2.13. The van der Waals surface area contributed by atoms with E-state index in [1.807, 2.05) is 18.5 Å². The molecule has 0 bridgehead atoms. The van der Waals surface area contributed by atoms with E-state index < -0.39 is 0 Å². The molecule has 0 amide bonds. The van der Waals surface area contributed by atoms with Gasteiger partial charge in [0.25, 0.3) is 0 Å². The lowest BCUT2D eigenvalue weighted by Crippen LogP contribution is -2.29. The summed E-state index contributed by atoms with van der Waals surface area (Å²) in [6.45, 7) is 5.14. The van der Waals surface area contributed by atoms with Crippen LogP contribution in [0.1, 0.15) is 19.8 Å². The van der Waals surface area contributed by atoms with Crippen LogP contribution in [0.25, 0.3) is 0 Å². The molecule has 1 N–H and O–H groups in total. The molecular weight excluding hydrogens is 210 g/mol. The zero-order chi connectivity index (χ0) is 11.9. The van der Waals surface area contributed by atoms with Gasteiger partial charge in [-0.1, -0.05) is 12.8 Å². The zero-order valence-corrected chi connectivity index (χ0v) is 10.3. The van der Waals surface area contributed by atoms with E-state index in [0.717, 1.165) is 32.5 Å². The Morgan fingerprint density at radius 2 is 2.47 bits per heavy atom. The van der Waals surface area contributed by atoms with E-state index in [1.165, 1.54) is 5.69 Å². The van der Waals surface area contributed by atoms with Crippen molar-refractivity contribution in [2.45, 2.75) is 25.8 Å². The SMILES string of the molecule is CCC#CC1CCN(c2cccnc2)CCN1. The molecule has 2 heterocycles. The Morgan fingerprint density at radius 3 is 3.24 bits per heavy atom. The molecule has 1 aromatic rings. The monoisotopic (exact) mass is 229 g/mol. The molecule has 2 rings (SSSR count). The Balaban J connectivity index is 1.96. The summed E-state index contributed by atoms with van der Waals surface area (Å²) in [7, 11) is 0. The van der Waals surface area contributed by atoms with Crippen LogP contribution in [0.5, 0.6) is 0 Å². The van der Waals surface area contributed by atoms with Crippen molar-refractivity contribution >= 4 is 5.69 Å². The van der Waals surface area contributed by atoms with Crippen LogP contribution in [0.4, 0.5) is 5.69 Å². The standard InChI is InChI=1S/C14H19N3/c1-2-3-5-13-7-10-17(11-9-16-13)14-6-4-8-15-12-14/h4,6,8,12-13,16H,2,7,9-11H2,1H3. The van der Waals surface area contributed by atoms with Crippen molar-refractivity contribution in [3.63, 3.8) is 0 Å². The van der Waals surface area contributed by atoms with Gasteiger partial charge in [-0.25, -0.2) is 0 Å². The maximum absolute atomic E-state index is 4.17. The number of aromatic nitrogens is 1. The molecule has 1 atom stereocenters. The molecule has 3 heteroatoms. The summed E-state index contributed by atoms with van der Waals surface area (Å²) >= 11 is 0. The third kappa shape index (κ3) is 3.47. The minimum absolute atomic E-state index is 0.344. The van der Waals surface area contributed by atoms with E-state index in [2.05, 4.69) is 40.0 Å². The van der Waals surface area contributed by atoms with E-state index in [-0.39, 0.29) is 0 Å². The van der Waals surface area contributed by atoms with Crippen molar-refractivity contribution in [1.29, 1.82) is 0 Å². The van der Waals surface area contributed by atoms with Gasteiger partial charge in [-0.2, -0.15) is 0 Å². The summed E-state index contributed by atoms with van der Waals surface area (Å²) in [6.07, 6.45) is 5.75. The zero-order valence-electron chi connectivity index (χ0n) is 10.3. The number of rotatable bonds is 1. The topological polar surface area (TPSA) is 28.2 Å². The Hall–Kier alpha value is -1.53. The van der Waals surface area contributed by atoms with E-state index in [0.29, 0.717) is 6.04 Å². The van der Waals surface area contributed by atoms with Crippen LogP contribution in [0.15, 0.2) is 24.5 Å². The first-order chi connectivity index (χ1) is 8.40. The summed E-state index contributed by atoms with van der Waals surface area (Å²) < 4.78 is 0. The van der Waals surface area contributed by atoms with Crippen molar-refractivity contribution in [3.05, 3.63) is 24.5 Å².